The molecule has 2 heteroatoms. The largest absolute Gasteiger partial charge is 0.206 e. The van der Waals surface area contributed by atoms with Crippen molar-refractivity contribution in [3.05, 3.63) is 108 Å². The Labute approximate surface area is 188 Å². The van der Waals surface area contributed by atoms with Gasteiger partial charge in [-0.2, -0.15) is 5.26 Å². The number of hydrogen-bond donors (Lipinski definition) is 0. The summed E-state index contributed by atoms with van der Waals surface area (Å²) in [6, 6.07) is 34.4. The predicted molar refractivity (Wildman–Crippen MR) is 136 cm³/mol. The van der Waals surface area contributed by atoms with Gasteiger partial charge in [0.25, 0.3) is 0 Å². The zero-order chi connectivity index (χ0) is 22.1. The first-order valence-corrected chi connectivity index (χ1v) is 10.9. The number of halogens is 1. The zero-order valence-electron chi connectivity index (χ0n) is 17.6. The van der Waals surface area contributed by atoms with Gasteiger partial charge in [0.15, 0.2) is 0 Å². The van der Waals surface area contributed by atoms with Gasteiger partial charge < -0.3 is 0 Å². The standard InChI is InChI=1S/C31H16FN/c32-26-3-1-2-20-8-10-23-13-15-24-14-12-22-11-9-21-7-6-19-5-4-18(17-33)16-25(19)27(21)29(22)31(24)30(23)28(20)26/h1-16H. The maximum Gasteiger partial charge on any atom is 0.131 e. The molecule has 0 amide bonds. The normalized spacial score (nSPS) is 11.8. The smallest absolute Gasteiger partial charge is 0.131 e. The van der Waals surface area contributed by atoms with E-state index >= 15 is 4.39 Å². The Morgan fingerprint density at radius 3 is 1.55 bits per heavy atom. The van der Waals surface area contributed by atoms with Crippen LogP contribution in [0.5, 0.6) is 0 Å². The van der Waals surface area contributed by atoms with Crippen molar-refractivity contribution in [1.29, 1.82) is 5.26 Å². The maximum atomic E-state index is 15.3. The fraction of sp³-hybridized carbons (Fsp3) is 0. The van der Waals surface area contributed by atoms with Crippen LogP contribution in [0, 0.1) is 17.1 Å². The first kappa shape index (κ1) is 18.1. The molecule has 0 bridgehead atoms. The number of benzene rings is 7. The molecule has 0 saturated heterocycles. The molecule has 0 radical (unpaired) electrons. The van der Waals surface area contributed by atoms with Crippen LogP contribution in [0.3, 0.4) is 0 Å². The number of rotatable bonds is 0. The topological polar surface area (TPSA) is 23.8 Å². The molecule has 0 atom stereocenters. The maximum absolute atomic E-state index is 15.3. The lowest BCUT2D eigenvalue weighted by Gasteiger charge is -2.15. The van der Waals surface area contributed by atoms with E-state index in [1.807, 2.05) is 30.3 Å². The van der Waals surface area contributed by atoms with Crippen molar-refractivity contribution >= 4 is 64.6 Å². The van der Waals surface area contributed by atoms with E-state index in [1.54, 1.807) is 12.1 Å². The van der Waals surface area contributed by atoms with Crippen LogP contribution < -0.4 is 0 Å². The predicted octanol–water partition coefficient (Wildman–Crippen LogP) is 8.62. The minimum absolute atomic E-state index is 0.209. The molecule has 0 spiro atoms. The van der Waals surface area contributed by atoms with E-state index in [-0.39, 0.29) is 5.82 Å². The fourth-order valence-corrected chi connectivity index (χ4v) is 5.39. The number of nitrogens with zero attached hydrogens (tertiary/aromatic N) is 1. The molecule has 0 N–H and O–H groups in total. The van der Waals surface area contributed by atoms with Crippen LogP contribution in [0.1, 0.15) is 5.56 Å². The summed E-state index contributed by atoms with van der Waals surface area (Å²) < 4.78 is 15.3. The van der Waals surface area contributed by atoms with Crippen molar-refractivity contribution in [3.63, 3.8) is 0 Å². The van der Waals surface area contributed by atoms with Crippen molar-refractivity contribution in [3.8, 4) is 6.07 Å². The zero-order valence-corrected chi connectivity index (χ0v) is 17.6. The second-order valence-electron chi connectivity index (χ2n) is 8.61. The first-order valence-electron chi connectivity index (χ1n) is 10.9. The first-order chi connectivity index (χ1) is 16.2. The van der Waals surface area contributed by atoms with E-state index in [2.05, 4.69) is 60.7 Å². The minimum atomic E-state index is -0.209. The van der Waals surface area contributed by atoms with Gasteiger partial charge in [-0.25, -0.2) is 4.39 Å². The molecular formula is C31H16FN. The highest BCUT2D eigenvalue weighted by Crippen LogP contribution is 2.42. The van der Waals surface area contributed by atoms with E-state index < -0.39 is 0 Å². The van der Waals surface area contributed by atoms with Gasteiger partial charge in [0.1, 0.15) is 5.82 Å². The van der Waals surface area contributed by atoms with Crippen LogP contribution >= 0.6 is 0 Å². The highest BCUT2D eigenvalue weighted by Gasteiger charge is 2.15. The van der Waals surface area contributed by atoms with Crippen molar-refractivity contribution in [2.45, 2.75) is 0 Å². The molecule has 0 aliphatic heterocycles. The van der Waals surface area contributed by atoms with E-state index in [0.29, 0.717) is 10.9 Å². The Hall–Kier alpha value is -4.48. The lowest BCUT2D eigenvalue weighted by atomic mass is 9.89. The molecule has 0 aromatic heterocycles. The third-order valence-corrected chi connectivity index (χ3v) is 6.86. The Kier molecular flexibility index (Phi) is 3.58. The van der Waals surface area contributed by atoms with E-state index in [4.69, 9.17) is 0 Å². The van der Waals surface area contributed by atoms with E-state index in [1.165, 1.54) is 0 Å². The number of fused-ring (bicyclic) bond motifs is 11. The summed E-state index contributed by atoms with van der Waals surface area (Å²) in [5.74, 6) is -0.209. The Bertz CT molecular complexity index is 1970. The summed E-state index contributed by atoms with van der Waals surface area (Å²) in [5, 5.41) is 21.7. The van der Waals surface area contributed by atoms with Gasteiger partial charge in [0.2, 0.25) is 0 Å². The number of hydrogen-bond acceptors (Lipinski definition) is 1. The van der Waals surface area contributed by atoms with Crippen molar-refractivity contribution in [2.75, 3.05) is 0 Å². The molecule has 0 saturated carbocycles. The highest BCUT2D eigenvalue weighted by molar-refractivity contribution is 6.35. The minimum Gasteiger partial charge on any atom is -0.206 e. The summed E-state index contributed by atoms with van der Waals surface area (Å²) in [6.45, 7) is 0. The average Bonchev–Trinajstić information content (AvgIpc) is 2.87. The van der Waals surface area contributed by atoms with Gasteiger partial charge >= 0.3 is 0 Å². The number of nitriles is 1. The van der Waals surface area contributed by atoms with Gasteiger partial charge in [0, 0.05) is 10.8 Å². The van der Waals surface area contributed by atoms with Crippen LogP contribution in [0.25, 0.3) is 64.6 Å². The van der Waals surface area contributed by atoms with Crippen LogP contribution in [0.4, 0.5) is 4.39 Å². The molecule has 7 aromatic rings. The molecular weight excluding hydrogens is 405 g/mol. The molecule has 152 valence electrons. The Morgan fingerprint density at radius 2 is 0.939 bits per heavy atom. The molecule has 0 aliphatic rings. The Balaban J connectivity index is 1.88. The second-order valence-corrected chi connectivity index (χ2v) is 8.61. The van der Waals surface area contributed by atoms with Gasteiger partial charge in [-0.05, 0) is 72.1 Å². The van der Waals surface area contributed by atoms with Gasteiger partial charge in [0.05, 0.1) is 11.6 Å². The molecule has 0 unspecified atom stereocenters. The molecule has 0 heterocycles. The van der Waals surface area contributed by atoms with Crippen molar-refractivity contribution in [2.24, 2.45) is 0 Å². The quantitative estimate of drug-likeness (QED) is 0.225. The van der Waals surface area contributed by atoms with Gasteiger partial charge in [-0.15, -0.1) is 0 Å². The summed E-state index contributed by atoms with van der Waals surface area (Å²) in [6.07, 6.45) is 0. The van der Waals surface area contributed by atoms with E-state index in [0.717, 1.165) is 59.2 Å². The lowest BCUT2D eigenvalue weighted by Crippen LogP contribution is -1.88. The highest BCUT2D eigenvalue weighted by atomic mass is 19.1. The van der Waals surface area contributed by atoms with E-state index in [9.17, 15) is 5.26 Å². The molecule has 1 nitrogen and oxygen atoms in total. The Morgan fingerprint density at radius 1 is 0.485 bits per heavy atom. The fourth-order valence-electron chi connectivity index (χ4n) is 5.39. The van der Waals surface area contributed by atoms with Gasteiger partial charge in [-0.3, -0.25) is 0 Å². The monoisotopic (exact) mass is 421 g/mol. The molecule has 33 heavy (non-hydrogen) atoms. The second kappa shape index (κ2) is 6.51. The lowest BCUT2D eigenvalue weighted by molar-refractivity contribution is 0.640. The van der Waals surface area contributed by atoms with Crippen LogP contribution in [-0.4, -0.2) is 0 Å². The average molecular weight is 421 g/mol. The third-order valence-electron chi connectivity index (χ3n) is 6.86. The van der Waals surface area contributed by atoms with Gasteiger partial charge in [-0.1, -0.05) is 78.9 Å². The molecule has 0 aliphatic carbocycles. The molecule has 7 rings (SSSR count). The van der Waals surface area contributed by atoms with Crippen molar-refractivity contribution < 1.29 is 4.39 Å². The molecule has 0 fully saturated rings. The van der Waals surface area contributed by atoms with Crippen LogP contribution in [0.2, 0.25) is 0 Å². The summed E-state index contributed by atoms with van der Waals surface area (Å²) in [7, 11) is 0. The summed E-state index contributed by atoms with van der Waals surface area (Å²) >= 11 is 0. The SMILES string of the molecule is N#Cc1ccc2ccc3ccc4ccc5ccc6ccc7cccc(F)c7c6c5c4c3c2c1. The van der Waals surface area contributed by atoms with Crippen LogP contribution in [0.15, 0.2) is 97.1 Å². The summed E-state index contributed by atoms with van der Waals surface area (Å²) in [5.41, 5.74) is 0.633. The molecule has 7 aromatic carbocycles. The third kappa shape index (κ3) is 2.45. The van der Waals surface area contributed by atoms with Crippen molar-refractivity contribution in [1.82, 2.24) is 0 Å². The van der Waals surface area contributed by atoms with Crippen LogP contribution in [-0.2, 0) is 0 Å². The summed E-state index contributed by atoms with van der Waals surface area (Å²) in [4.78, 5) is 0.